The molecule has 1 aromatic heterocycles. The van der Waals surface area contributed by atoms with Gasteiger partial charge in [0.2, 0.25) is 0 Å². The summed E-state index contributed by atoms with van der Waals surface area (Å²) in [5.74, 6) is 1.30. The summed E-state index contributed by atoms with van der Waals surface area (Å²) in [6, 6.07) is 11.2. The van der Waals surface area contributed by atoms with Crippen LogP contribution in [0.1, 0.15) is 5.56 Å². The highest BCUT2D eigenvalue weighted by atomic mass is 16.5. The molecular weight excluding hydrogens is 266 g/mol. The highest BCUT2D eigenvalue weighted by Crippen LogP contribution is 2.13. The zero-order valence-electron chi connectivity index (χ0n) is 12.5. The van der Waals surface area contributed by atoms with Crippen molar-refractivity contribution >= 4 is 17.4 Å². The fourth-order valence-corrected chi connectivity index (χ4v) is 1.70. The molecule has 0 saturated heterocycles. The third-order valence-electron chi connectivity index (χ3n) is 2.88. The van der Waals surface area contributed by atoms with Crippen molar-refractivity contribution < 1.29 is 9.53 Å². The average molecular weight is 285 g/mol. The Morgan fingerprint density at radius 1 is 1.19 bits per heavy atom. The summed E-state index contributed by atoms with van der Waals surface area (Å²) in [4.78, 5) is 17.9. The van der Waals surface area contributed by atoms with Gasteiger partial charge in [-0.15, -0.1) is 0 Å². The Hall–Kier alpha value is -2.56. The Kier molecular flexibility index (Phi) is 4.77. The fraction of sp³-hybridized carbons (Fsp3) is 0.250. The third kappa shape index (κ3) is 4.49. The number of carbonyl (C=O) groups excluding carboxylic acids is 1. The molecule has 5 heteroatoms. The van der Waals surface area contributed by atoms with Crippen LogP contribution in [0.25, 0.3) is 0 Å². The summed E-state index contributed by atoms with van der Waals surface area (Å²) in [6.07, 6.45) is 1.62. The van der Waals surface area contributed by atoms with E-state index in [4.69, 9.17) is 4.74 Å². The Morgan fingerprint density at radius 3 is 2.48 bits per heavy atom. The molecule has 0 bridgehead atoms. The van der Waals surface area contributed by atoms with Crippen molar-refractivity contribution in [3.05, 3.63) is 48.2 Å². The molecule has 0 aliphatic carbocycles. The minimum absolute atomic E-state index is 0.0293. The molecule has 5 nitrogen and oxygen atoms in total. The summed E-state index contributed by atoms with van der Waals surface area (Å²) in [5, 5.41) is 2.74. The van der Waals surface area contributed by atoms with E-state index in [0.717, 1.165) is 11.4 Å². The van der Waals surface area contributed by atoms with Crippen LogP contribution in [0.15, 0.2) is 42.6 Å². The lowest BCUT2D eigenvalue weighted by atomic mass is 10.2. The number of carbonyl (C=O) groups is 1. The smallest absolute Gasteiger partial charge is 0.262 e. The molecule has 0 fully saturated rings. The van der Waals surface area contributed by atoms with Crippen molar-refractivity contribution in [2.24, 2.45) is 0 Å². The Bertz CT molecular complexity index is 592. The van der Waals surface area contributed by atoms with Crippen LogP contribution < -0.4 is 15.0 Å². The molecule has 1 amide bonds. The van der Waals surface area contributed by atoms with E-state index in [-0.39, 0.29) is 12.5 Å². The van der Waals surface area contributed by atoms with E-state index in [1.54, 1.807) is 6.20 Å². The number of hydrogen-bond acceptors (Lipinski definition) is 4. The van der Waals surface area contributed by atoms with E-state index >= 15 is 0 Å². The number of ether oxygens (including phenoxy) is 1. The first-order chi connectivity index (χ1) is 10.0. The van der Waals surface area contributed by atoms with E-state index in [1.807, 2.05) is 62.3 Å². The molecule has 1 N–H and O–H groups in total. The molecule has 0 saturated carbocycles. The lowest BCUT2D eigenvalue weighted by Gasteiger charge is -2.12. The molecule has 0 radical (unpaired) electrons. The van der Waals surface area contributed by atoms with Gasteiger partial charge >= 0.3 is 0 Å². The lowest BCUT2D eigenvalue weighted by molar-refractivity contribution is -0.118. The van der Waals surface area contributed by atoms with Crippen LogP contribution in [0.2, 0.25) is 0 Å². The summed E-state index contributed by atoms with van der Waals surface area (Å²) >= 11 is 0. The highest BCUT2D eigenvalue weighted by molar-refractivity contribution is 5.91. The summed E-state index contributed by atoms with van der Waals surface area (Å²) in [6.45, 7) is 1.97. The molecule has 0 spiro atoms. The molecule has 21 heavy (non-hydrogen) atoms. The van der Waals surface area contributed by atoms with Gasteiger partial charge in [0.1, 0.15) is 11.6 Å². The molecule has 0 atom stereocenters. The second-order valence-corrected chi connectivity index (χ2v) is 4.95. The molecule has 2 aromatic rings. The van der Waals surface area contributed by atoms with Gasteiger partial charge in [-0.3, -0.25) is 4.79 Å². The number of nitrogens with zero attached hydrogens (tertiary/aromatic N) is 2. The zero-order chi connectivity index (χ0) is 15.2. The highest BCUT2D eigenvalue weighted by Gasteiger charge is 2.05. The zero-order valence-corrected chi connectivity index (χ0v) is 12.5. The van der Waals surface area contributed by atoms with Crippen LogP contribution in [0, 0.1) is 6.92 Å². The maximum Gasteiger partial charge on any atom is 0.262 e. The minimum atomic E-state index is -0.213. The van der Waals surface area contributed by atoms with Crippen molar-refractivity contribution in [2.75, 3.05) is 30.9 Å². The summed E-state index contributed by atoms with van der Waals surface area (Å²) in [7, 11) is 3.83. The predicted molar refractivity (Wildman–Crippen MR) is 83.9 cm³/mol. The maximum absolute atomic E-state index is 11.8. The second-order valence-electron chi connectivity index (χ2n) is 4.95. The van der Waals surface area contributed by atoms with Crippen molar-refractivity contribution in [1.82, 2.24) is 4.98 Å². The van der Waals surface area contributed by atoms with Gasteiger partial charge in [-0.25, -0.2) is 4.98 Å². The summed E-state index contributed by atoms with van der Waals surface area (Å²) < 4.78 is 5.42. The van der Waals surface area contributed by atoms with Gasteiger partial charge in [0.05, 0.1) is 11.9 Å². The molecule has 0 unspecified atom stereocenters. The van der Waals surface area contributed by atoms with Crippen LogP contribution >= 0.6 is 0 Å². The number of nitrogens with one attached hydrogen (secondary N) is 1. The number of benzene rings is 1. The first-order valence-corrected chi connectivity index (χ1v) is 6.67. The number of pyridine rings is 1. The van der Waals surface area contributed by atoms with Gasteiger partial charge in [0, 0.05) is 14.1 Å². The van der Waals surface area contributed by atoms with E-state index in [2.05, 4.69) is 10.3 Å². The van der Waals surface area contributed by atoms with Crippen molar-refractivity contribution in [2.45, 2.75) is 6.92 Å². The molecule has 0 aliphatic rings. The first-order valence-electron chi connectivity index (χ1n) is 6.67. The van der Waals surface area contributed by atoms with E-state index in [9.17, 15) is 4.79 Å². The van der Waals surface area contributed by atoms with E-state index in [1.165, 1.54) is 0 Å². The van der Waals surface area contributed by atoms with Crippen molar-refractivity contribution in [3.8, 4) is 5.75 Å². The minimum Gasteiger partial charge on any atom is -0.484 e. The van der Waals surface area contributed by atoms with Crippen LogP contribution in [-0.4, -0.2) is 31.6 Å². The third-order valence-corrected chi connectivity index (χ3v) is 2.88. The SMILES string of the molecule is Cc1ccc(OCC(=O)Nc2ccc(N(C)C)nc2)cc1. The molecule has 1 aromatic carbocycles. The maximum atomic E-state index is 11.8. The topological polar surface area (TPSA) is 54.5 Å². The lowest BCUT2D eigenvalue weighted by Crippen LogP contribution is -2.20. The number of aryl methyl sites for hydroxylation is 1. The number of aromatic nitrogens is 1. The molecule has 2 rings (SSSR count). The average Bonchev–Trinajstić information content (AvgIpc) is 2.47. The van der Waals surface area contributed by atoms with E-state index in [0.29, 0.717) is 11.4 Å². The van der Waals surface area contributed by atoms with Gasteiger partial charge in [-0.05, 0) is 31.2 Å². The number of amides is 1. The summed E-state index contributed by atoms with van der Waals surface area (Å²) in [5.41, 5.74) is 1.80. The van der Waals surface area contributed by atoms with Crippen LogP contribution in [0.5, 0.6) is 5.75 Å². The van der Waals surface area contributed by atoms with E-state index < -0.39 is 0 Å². The largest absolute Gasteiger partial charge is 0.484 e. The Morgan fingerprint density at radius 2 is 1.90 bits per heavy atom. The van der Waals surface area contributed by atoms with Gasteiger partial charge in [-0.2, -0.15) is 0 Å². The number of hydrogen-bond donors (Lipinski definition) is 1. The predicted octanol–water partition coefficient (Wildman–Crippen LogP) is 2.47. The van der Waals surface area contributed by atoms with Crippen molar-refractivity contribution in [3.63, 3.8) is 0 Å². The van der Waals surface area contributed by atoms with Crippen LogP contribution in [0.4, 0.5) is 11.5 Å². The molecule has 1 heterocycles. The quantitative estimate of drug-likeness (QED) is 0.917. The van der Waals surface area contributed by atoms with Crippen molar-refractivity contribution in [1.29, 1.82) is 0 Å². The standard InChI is InChI=1S/C16H19N3O2/c1-12-4-7-14(8-5-12)21-11-16(20)18-13-6-9-15(17-10-13)19(2)3/h4-10H,11H2,1-3H3,(H,18,20). The number of rotatable bonds is 5. The van der Waals surface area contributed by atoms with Gasteiger partial charge < -0.3 is 15.0 Å². The monoisotopic (exact) mass is 285 g/mol. The Labute approximate surface area is 124 Å². The molecule has 110 valence electrons. The van der Waals surface area contributed by atoms with Gasteiger partial charge in [0.15, 0.2) is 6.61 Å². The second kappa shape index (κ2) is 6.74. The van der Waals surface area contributed by atoms with Gasteiger partial charge in [-0.1, -0.05) is 17.7 Å². The molecular formula is C16H19N3O2. The first kappa shape index (κ1) is 14.8. The Balaban J connectivity index is 1.85. The fourth-order valence-electron chi connectivity index (χ4n) is 1.70. The molecule has 0 aliphatic heterocycles. The normalized spacial score (nSPS) is 10.0. The van der Waals surface area contributed by atoms with Gasteiger partial charge in [0.25, 0.3) is 5.91 Å². The number of anilines is 2. The van der Waals surface area contributed by atoms with Crippen LogP contribution in [-0.2, 0) is 4.79 Å². The van der Waals surface area contributed by atoms with Crippen LogP contribution in [0.3, 0.4) is 0 Å².